The van der Waals surface area contributed by atoms with Gasteiger partial charge in [-0.2, -0.15) is 0 Å². The van der Waals surface area contributed by atoms with Gasteiger partial charge in [0.1, 0.15) is 5.75 Å². The molecule has 8 nitrogen and oxygen atoms in total. The lowest BCUT2D eigenvalue weighted by atomic mass is 9.86. The number of likely N-dealkylation sites (N-methyl/N-ethyl adjacent to an activating group) is 1. The molecule has 5 aromatic rings. The summed E-state index contributed by atoms with van der Waals surface area (Å²) in [5, 5.41) is 13.4. The SMILES string of the molecule is COc1ccc2cc1Oc1ccc(cc1)CC1c3c(c(O)c(OC)c4c3Oc3cc5c(nccc5cc3O4)C2)CCN1C. The molecule has 1 unspecified atom stereocenters. The van der Waals surface area contributed by atoms with Gasteiger partial charge in [-0.3, -0.25) is 9.88 Å². The predicted molar refractivity (Wildman–Crippen MR) is 162 cm³/mol. The Morgan fingerprint density at radius 2 is 1.65 bits per heavy atom. The predicted octanol–water partition coefficient (Wildman–Crippen LogP) is 7.32. The minimum atomic E-state index is -0.0698. The summed E-state index contributed by atoms with van der Waals surface area (Å²) in [4.78, 5) is 7.06. The molecule has 43 heavy (non-hydrogen) atoms. The largest absolute Gasteiger partial charge is 0.504 e. The molecule has 0 aliphatic carbocycles. The van der Waals surface area contributed by atoms with Gasteiger partial charge in [-0.15, -0.1) is 0 Å². The van der Waals surface area contributed by atoms with Gasteiger partial charge in [0.2, 0.25) is 11.5 Å². The second-order valence-corrected chi connectivity index (χ2v) is 11.3. The van der Waals surface area contributed by atoms with Crippen molar-refractivity contribution in [2.75, 3.05) is 27.8 Å². The summed E-state index contributed by atoms with van der Waals surface area (Å²) in [6.07, 6.45) is 3.74. The number of pyridine rings is 1. The van der Waals surface area contributed by atoms with Crippen LogP contribution in [0.15, 0.2) is 66.9 Å². The van der Waals surface area contributed by atoms with E-state index in [9.17, 15) is 5.11 Å². The molecule has 0 amide bonds. The number of fused-ring (bicyclic) bond motifs is 2. The molecule has 8 heteroatoms. The van der Waals surface area contributed by atoms with Crippen LogP contribution in [0.3, 0.4) is 0 Å². The van der Waals surface area contributed by atoms with E-state index in [2.05, 4.69) is 24.1 Å². The molecule has 4 aromatic carbocycles. The highest BCUT2D eigenvalue weighted by Crippen LogP contribution is 2.59. The third-order valence-electron chi connectivity index (χ3n) is 8.78. The van der Waals surface area contributed by atoms with Gasteiger partial charge in [-0.1, -0.05) is 18.2 Å². The third kappa shape index (κ3) is 4.12. The molecule has 0 fully saturated rings. The van der Waals surface area contributed by atoms with Crippen LogP contribution in [-0.4, -0.2) is 42.8 Å². The molecule has 5 heterocycles. The maximum absolute atomic E-state index is 11.4. The Kier molecular flexibility index (Phi) is 5.87. The number of hydrogen-bond donors (Lipinski definition) is 1. The maximum atomic E-state index is 11.4. The minimum Gasteiger partial charge on any atom is -0.504 e. The lowest BCUT2D eigenvalue weighted by Gasteiger charge is -2.38. The van der Waals surface area contributed by atoms with Crippen molar-refractivity contribution in [1.29, 1.82) is 0 Å². The van der Waals surface area contributed by atoms with Crippen molar-refractivity contribution in [2.24, 2.45) is 0 Å². The molecule has 1 N–H and O–H groups in total. The highest BCUT2D eigenvalue weighted by Gasteiger charge is 2.38. The Hall–Kier alpha value is -4.95. The molecule has 4 aliphatic rings. The second kappa shape index (κ2) is 9.81. The first kappa shape index (κ1) is 25.7. The molecule has 216 valence electrons. The van der Waals surface area contributed by atoms with E-state index in [-0.39, 0.29) is 17.5 Å². The van der Waals surface area contributed by atoms with Crippen LogP contribution in [0.4, 0.5) is 0 Å². The van der Waals surface area contributed by atoms with Crippen molar-refractivity contribution in [2.45, 2.75) is 25.3 Å². The van der Waals surface area contributed by atoms with Crippen LogP contribution >= 0.6 is 0 Å². The average molecular weight is 575 g/mol. The van der Waals surface area contributed by atoms with Crippen molar-refractivity contribution < 1.29 is 28.8 Å². The zero-order chi connectivity index (χ0) is 29.2. The number of nitrogens with zero attached hydrogens (tertiary/aromatic N) is 2. The highest BCUT2D eigenvalue weighted by atomic mass is 16.6. The van der Waals surface area contributed by atoms with Crippen LogP contribution < -0.4 is 23.7 Å². The molecule has 7 bridgehead atoms. The number of aromatic nitrogens is 1. The molecule has 0 saturated carbocycles. The fourth-order valence-electron chi connectivity index (χ4n) is 6.55. The van der Waals surface area contributed by atoms with E-state index < -0.39 is 0 Å². The highest BCUT2D eigenvalue weighted by molar-refractivity contribution is 5.89. The van der Waals surface area contributed by atoms with E-state index in [1.165, 1.54) is 0 Å². The average Bonchev–Trinajstić information content (AvgIpc) is 3.01. The lowest BCUT2D eigenvalue weighted by Crippen LogP contribution is -2.34. The number of hydrogen-bond acceptors (Lipinski definition) is 8. The molecule has 1 aromatic heterocycles. The minimum absolute atomic E-state index is 0.0698. The van der Waals surface area contributed by atoms with Crippen LogP contribution in [0, 0.1) is 0 Å². The molecular formula is C35H30N2O6. The molecule has 1 atom stereocenters. The van der Waals surface area contributed by atoms with Crippen molar-refractivity contribution in [3.63, 3.8) is 0 Å². The number of ether oxygens (including phenoxy) is 5. The summed E-state index contributed by atoms with van der Waals surface area (Å²) in [6.45, 7) is 0.779. The molecular weight excluding hydrogens is 544 g/mol. The Morgan fingerprint density at radius 3 is 2.47 bits per heavy atom. The monoisotopic (exact) mass is 574 g/mol. The first-order valence-corrected chi connectivity index (χ1v) is 14.4. The van der Waals surface area contributed by atoms with E-state index in [4.69, 9.17) is 28.7 Å². The summed E-state index contributed by atoms with van der Waals surface area (Å²) in [6, 6.07) is 19.9. The molecule has 0 radical (unpaired) electrons. The first-order chi connectivity index (χ1) is 21.0. The van der Waals surface area contributed by atoms with E-state index in [1.54, 1.807) is 20.4 Å². The summed E-state index contributed by atoms with van der Waals surface area (Å²) in [7, 11) is 5.29. The summed E-state index contributed by atoms with van der Waals surface area (Å²) in [5.41, 5.74) is 4.81. The quantitative estimate of drug-likeness (QED) is 0.230. The maximum Gasteiger partial charge on any atom is 0.216 e. The standard InChI is InChI=1S/C35H30N2O6/c1-37-13-11-23-31-26(37)15-19-4-7-22(8-5-19)41-28-16-20(6-9-27(28)39-2)14-25-24-18-30-29(17-21(24)10-12-36-25)43-35(33(31)42-30)34(40-3)32(23)38/h4-10,12,16-18,26,38H,11,13-15H2,1-3H3. The van der Waals surface area contributed by atoms with Gasteiger partial charge in [0.15, 0.2) is 34.5 Å². The van der Waals surface area contributed by atoms with E-state index in [0.29, 0.717) is 53.8 Å². The number of rotatable bonds is 2. The number of phenolic OH excluding ortho intramolecular Hbond substituents is 1. The topological polar surface area (TPSA) is 82.5 Å². The van der Waals surface area contributed by atoms with Crippen molar-refractivity contribution in [1.82, 2.24) is 9.88 Å². The van der Waals surface area contributed by atoms with Gasteiger partial charge in [0, 0.05) is 41.7 Å². The zero-order valence-corrected chi connectivity index (χ0v) is 24.1. The van der Waals surface area contributed by atoms with Crippen LogP contribution in [0.5, 0.6) is 51.7 Å². The van der Waals surface area contributed by atoms with Crippen LogP contribution in [0.25, 0.3) is 10.8 Å². The molecule has 9 rings (SSSR count). The summed E-state index contributed by atoms with van der Waals surface area (Å²) >= 11 is 0. The third-order valence-corrected chi connectivity index (χ3v) is 8.78. The van der Waals surface area contributed by atoms with Gasteiger partial charge < -0.3 is 28.8 Å². The Labute approximate surface area is 249 Å². The fourth-order valence-corrected chi connectivity index (χ4v) is 6.55. The van der Waals surface area contributed by atoms with E-state index >= 15 is 0 Å². The number of methoxy groups -OCH3 is 2. The Bertz CT molecular complexity index is 1920. The van der Waals surface area contributed by atoms with Gasteiger partial charge in [0.05, 0.1) is 19.9 Å². The summed E-state index contributed by atoms with van der Waals surface area (Å²) < 4.78 is 30.9. The summed E-state index contributed by atoms with van der Waals surface area (Å²) in [5.74, 6) is 4.54. The van der Waals surface area contributed by atoms with Gasteiger partial charge in [0.25, 0.3) is 0 Å². The number of aromatic hydroxyl groups is 1. The van der Waals surface area contributed by atoms with Crippen molar-refractivity contribution in [3.05, 3.63) is 94.8 Å². The molecule has 0 saturated heterocycles. The number of benzene rings is 4. The second-order valence-electron chi connectivity index (χ2n) is 11.3. The zero-order valence-electron chi connectivity index (χ0n) is 24.1. The smallest absolute Gasteiger partial charge is 0.216 e. The van der Waals surface area contributed by atoms with Crippen LogP contribution in [0.2, 0.25) is 0 Å². The van der Waals surface area contributed by atoms with E-state index in [1.807, 2.05) is 48.5 Å². The first-order valence-electron chi connectivity index (χ1n) is 14.4. The van der Waals surface area contributed by atoms with Crippen LogP contribution in [-0.2, 0) is 19.3 Å². The normalized spacial score (nSPS) is 16.7. The van der Waals surface area contributed by atoms with Crippen molar-refractivity contribution in [3.8, 4) is 51.7 Å². The number of phenols is 1. The lowest BCUT2D eigenvalue weighted by molar-refractivity contribution is 0.216. The van der Waals surface area contributed by atoms with Gasteiger partial charge in [-0.05, 0) is 78.9 Å². The van der Waals surface area contributed by atoms with Crippen LogP contribution in [0.1, 0.15) is 34.0 Å². The van der Waals surface area contributed by atoms with E-state index in [0.717, 1.165) is 51.0 Å². The van der Waals surface area contributed by atoms with Gasteiger partial charge >= 0.3 is 0 Å². The van der Waals surface area contributed by atoms with Crippen molar-refractivity contribution >= 4 is 10.8 Å². The molecule has 0 spiro atoms. The Morgan fingerprint density at radius 1 is 0.860 bits per heavy atom. The molecule has 4 aliphatic heterocycles. The fraction of sp³-hybridized carbons (Fsp3) is 0.229. The van der Waals surface area contributed by atoms with Gasteiger partial charge in [-0.25, -0.2) is 0 Å². The Balaban J connectivity index is 1.37.